The Bertz CT molecular complexity index is 455. The zero-order valence-corrected chi connectivity index (χ0v) is 12.3. The molecule has 1 amide bonds. The number of hydrogen-bond acceptors (Lipinski definition) is 4. The summed E-state index contributed by atoms with van der Waals surface area (Å²) in [6.45, 7) is 2.28. The van der Waals surface area contributed by atoms with Gasteiger partial charge in [0.2, 0.25) is 0 Å². The molecular formula is C15H25N2O4+. The number of aliphatic hydroxyl groups excluding tert-OH is 2. The number of fused-ring (bicyclic) bond motifs is 2. The van der Waals surface area contributed by atoms with Gasteiger partial charge in [-0.05, 0) is 19.3 Å². The molecule has 0 saturated carbocycles. The van der Waals surface area contributed by atoms with Crippen molar-refractivity contribution in [1.82, 2.24) is 4.90 Å². The zero-order chi connectivity index (χ0) is 14.8. The summed E-state index contributed by atoms with van der Waals surface area (Å²) in [7, 11) is 0. The zero-order valence-electron chi connectivity index (χ0n) is 12.3. The van der Waals surface area contributed by atoms with Crippen molar-refractivity contribution in [3.8, 4) is 0 Å². The summed E-state index contributed by atoms with van der Waals surface area (Å²) in [4.78, 5) is 14.1. The van der Waals surface area contributed by atoms with Gasteiger partial charge >= 0.3 is 0 Å². The van der Waals surface area contributed by atoms with E-state index in [0.29, 0.717) is 18.9 Å². The maximum atomic E-state index is 12.3. The van der Waals surface area contributed by atoms with E-state index in [0.717, 1.165) is 38.8 Å². The SMILES string of the molecule is O=C1C(O)C(O)CC2C3CCC[N+]4(O)CCCC(CN12)C34. The van der Waals surface area contributed by atoms with E-state index in [1.165, 1.54) is 0 Å². The number of piperidine rings is 4. The van der Waals surface area contributed by atoms with E-state index in [1.807, 2.05) is 4.90 Å². The van der Waals surface area contributed by atoms with Crippen LogP contribution in [0.15, 0.2) is 0 Å². The lowest BCUT2D eigenvalue weighted by Crippen LogP contribution is -2.74. The van der Waals surface area contributed by atoms with Crippen LogP contribution >= 0.6 is 0 Å². The molecular weight excluding hydrogens is 272 g/mol. The number of hydrogen-bond donors (Lipinski definition) is 3. The van der Waals surface area contributed by atoms with E-state index in [2.05, 4.69) is 0 Å². The topological polar surface area (TPSA) is 81.0 Å². The van der Waals surface area contributed by atoms with Crippen LogP contribution < -0.4 is 0 Å². The van der Waals surface area contributed by atoms with Gasteiger partial charge in [-0.3, -0.25) is 4.79 Å². The number of quaternary nitrogens is 1. The van der Waals surface area contributed by atoms with E-state index in [-0.39, 0.29) is 28.6 Å². The summed E-state index contributed by atoms with van der Waals surface area (Å²) in [6, 6.07) is 0.198. The van der Waals surface area contributed by atoms with Crippen molar-refractivity contribution in [1.29, 1.82) is 0 Å². The number of amides is 1. The molecule has 6 nitrogen and oxygen atoms in total. The van der Waals surface area contributed by atoms with Crippen LogP contribution in [-0.2, 0) is 4.79 Å². The number of carbonyl (C=O) groups excluding carboxylic acids is 1. The average Bonchev–Trinajstić information content (AvgIpc) is 2.46. The molecule has 21 heavy (non-hydrogen) atoms. The summed E-state index contributed by atoms with van der Waals surface area (Å²) < 4.78 is 0.173. The maximum absolute atomic E-state index is 12.3. The highest BCUT2D eigenvalue weighted by atomic mass is 16.5. The summed E-state index contributed by atoms with van der Waals surface area (Å²) >= 11 is 0. The number of rotatable bonds is 0. The Kier molecular flexibility index (Phi) is 3.09. The van der Waals surface area contributed by atoms with Crippen molar-refractivity contribution in [2.75, 3.05) is 19.6 Å². The lowest BCUT2D eigenvalue weighted by Gasteiger charge is -2.59. The van der Waals surface area contributed by atoms with Gasteiger partial charge in [0.05, 0.1) is 6.10 Å². The first kappa shape index (κ1) is 13.9. The number of hydroxylamine groups is 3. The van der Waals surface area contributed by atoms with Crippen LogP contribution in [0.2, 0.25) is 0 Å². The van der Waals surface area contributed by atoms with Gasteiger partial charge in [0.1, 0.15) is 19.1 Å². The minimum Gasteiger partial charge on any atom is -0.390 e. The van der Waals surface area contributed by atoms with E-state index in [9.17, 15) is 20.2 Å². The van der Waals surface area contributed by atoms with Crippen molar-refractivity contribution < 1.29 is 24.9 Å². The Morgan fingerprint density at radius 1 is 1.14 bits per heavy atom. The molecule has 0 aromatic rings. The maximum Gasteiger partial charge on any atom is 0.254 e. The molecule has 4 saturated heterocycles. The lowest BCUT2D eigenvalue weighted by molar-refractivity contribution is -1.13. The minimum absolute atomic E-state index is 0.0137. The Labute approximate surface area is 124 Å². The molecule has 0 spiro atoms. The largest absolute Gasteiger partial charge is 0.390 e. The van der Waals surface area contributed by atoms with Crippen LogP contribution in [0.4, 0.5) is 0 Å². The third-order valence-corrected chi connectivity index (χ3v) is 6.39. The van der Waals surface area contributed by atoms with Crippen molar-refractivity contribution in [2.24, 2.45) is 11.8 Å². The van der Waals surface area contributed by atoms with Crippen LogP contribution in [0.5, 0.6) is 0 Å². The van der Waals surface area contributed by atoms with Crippen LogP contribution in [0.25, 0.3) is 0 Å². The highest BCUT2D eigenvalue weighted by Crippen LogP contribution is 2.47. The van der Waals surface area contributed by atoms with Gasteiger partial charge in [-0.2, -0.15) is 4.65 Å². The third-order valence-electron chi connectivity index (χ3n) is 6.39. The summed E-state index contributed by atoms with van der Waals surface area (Å²) in [5, 5.41) is 30.8. The van der Waals surface area contributed by atoms with E-state index >= 15 is 0 Å². The number of nitrogens with zero attached hydrogens (tertiary/aromatic N) is 2. The third kappa shape index (κ3) is 1.89. The fourth-order valence-corrected chi connectivity index (χ4v) is 5.58. The molecule has 4 rings (SSSR count). The lowest BCUT2D eigenvalue weighted by atomic mass is 9.67. The highest BCUT2D eigenvalue weighted by Gasteiger charge is 2.60. The fourth-order valence-electron chi connectivity index (χ4n) is 5.58. The summed E-state index contributed by atoms with van der Waals surface area (Å²) in [6.07, 6.45) is 2.26. The molecule has 118 valence electrons. The molecule has 0 aromatic carbocycles. The average molecular weight is 297 g/mol. The standard InChI is InChI=1S/C15H25N2O4/c18-12-7-11-10-4-2-6-17(21)5-1-3-9(13(10)17)8-16(11)15(20)14(12)19/h9-14,18-19,21H,1-8H2/q+1. The quantitative estimate of drug-likeness (QED) is 0.537. The second-order valence-electron chi connectivity index (χ2n) is 7.44. The molecule has 4 aliphatic heterocycles. The van der Waals surface area contributed by atoms with E-state index < -0.39 is 12.2 Å². The Balaban J connectivity index is 1.69. The molecule has 4 fully saturated rings. The number of aliphatic hydroxyl groups is 2. The molecule has 0 radical (unpaired) electrons. The van der Waals surface area contributed by atoms with Gasteiger partial charge in [-0.1, -0.05) is 0 Å². The highest BCUT2D eigenvalue weighted by molar-refractivity contribution is 5.82. The molecule has 7 unspecified atom stereocenters. The molecule has 0 aromatic heterocycles. The predicted octanol–water partition coefficient (Wildman–Crippen LogP) is -0.283. The predicted molar refractivity (Wildman–Crippen MR) is 73.1 cm³/mol. The van der Waals surface area contributed by atoms with Gasteiger partial charge in [-0.15, -0.1) is 0 Å². The molecule has 0 bridgehead atoms. The van der Waals surface area contributed by atoms with Crippen LogP contribution in [0, 0.1) is 11.8 Å². The summed E-state index contributed by atoms with van der Waals surface area (Å²) in [5.41, 5.74) is 0. The van der Waals surface area contributed by atoms with Crippen LogP contribution in [-0.4, -0.2) is 74.8 Å². The first-order valence-electron chi connectivity index (χ1n) is 8.27. The van der Waals surface area contributed by atoms with Gasteiger partial charge in [0.25, 0.3) is 5.91 Å². The van der Waals surface area contributed by atoms with Gasteiger partial charge in [0.15, 0.2) is 6.10 Å². The fraction of sp³-hybridized carbons (Fsp3) is 0.933. The Morgan fingerprint density at radius 3 is 2.62 bits per heavy atom. The van der Waals surface area contributed by atoms with Gasteiger partial charge in [-0.25, -0.2) is 5.21 Å². The van der Waals surface area contributed by atoms with E-state index in [1.54, 1.807) is 0 Å². The van der Waals surface area contributed by atoms with Crippen LogP contribution in [0.3, 0.4) is 0 Å². The molecule has 7 atom stereocenters. The molecule has 4 heterocycles. The van der Waals surface area contributed by atoms with Crippen molar-refractivity contribution in [3.05, 3.63) is 0 Å². The first-order chi connectivity index (χ1) is 10.0. The summed E-state index contributed by atoms with van der Waals surface area (Å²) in [5.74, 6) is 0.273. The van der Waals surface area contributed by atoms with Gasteiger partial charge < -0.3 is 15.1 Å². The molecule has 6 heteroatoms. The van der Waals surface area contributed by atoms with Crippen molar-refractivity contribution >= 4 is 5.91 Å². The molecule has 0 aliphatic carbocycles. The normalized spacial score (nSPS) is 53.1. The molecule has 4 aliphatic rings. The number of carbonyl (C=O) groups is 1. The minimum atomic E-state index is -1.27. The van der Waals surface area contributed by atoms with Crippen LogP contribution in [0.1, 0.15) is 32.1 Å². The monoisotopic (exact) mass is 297 g/mol. The second-order valence-corrected chi connectivity index (χ2v) is 7.44. The van der Waals surface area contributed by atoms with E-state index in [4.69, 9.17) is 0 Å². The second kappa shape index (κ2) is 4.65. The smallest absolute Gasteiger partial charge is 0.254 e. The van der Waals surface area contributed by atoms with Crippen molar-refractivity contribution in [2.45, 2.75) is 56.4 Å². The van der Waals surface area contributed by atoms with Gasteiger partial charge in [0, 0.05) is 37.3 Å². The molecule has 3 N–H and O–H groups in total. The Hall–Kier alpha value is -0.690. The van der Waals surface area contributed by atoms with Crippen molar-refractivity contribution in [3.63, 3.8) is 0 Å². The Morgan fingerprint density at radius 2 is 1.86 bits per heavy atom. The first-order valence-corrected chi connectivity index (χ1v) is 8.27.